The lowest BCUT2D eigenvalue weighted by atomic mass is 10.1. The van der Waals surface area contributed by atoms with Crippen molar-refractivity contribution in [3.8, 4) is 11.5 Å². The summed E-state index contributed by atoms with van der Waals surface area (Å²) < 4.78 is 19.1. The van der Waals surface area contributed by atoms with Gasteiger partial charge in [-0.05, 0) is 65.7 Å². The third-order valence-corrected chi connectivity index (χ3v) is 5.76. The van der Waals surface area contributed by atoms with Gasteiger partial charge in [-0.15, -0.1) is 11.8 Å². The van der Waals surface area contributed by atoms with Gasteiger partial charge in [0.15, 0.2) is 17.3 Å². The number of ether oxygens (including phenoxy) is 1. The van der Waals surface area contributed by atoms with E-state index >= 15 is 0 Å². The first-order valence-corrected chi connectivity index (χ1v) is 10.5. The van der Waals surface area contributed by atoms with Crippen LogP contribution in [0.15, 0.2) is 76.1 Å². The Morgan fingerprint density at radius 2 is 1.79 bits per heavy atom. The Morgan fingerprint density at radius 1 is 1.10 bits per heavy atom. The molecule has 0 aliphatic carbocycles. The van der Waals surface area contributed by atoms with Crippen molar-refractivity contribution in [3.05, 3.63) is 98.6 Å². The Kier molecular flexibility index (Phi) is 7.12. The highest BCUT2D eigenvalue weighted by molar-refractivity contribution is 9.10. The third-order valence-electron chi connectivity index (χ3n) is 4.14. The zero-order valence-corrected chi connectivity index (χ0v) is 18.0. The number of ketones is 1. The number of phenols is 1. The first-order chi connectivity index (χ1) is 14.0. The van der Waals surface area contributed by atoms with Crippen molar-refractivity contribution in [3.63, 3.8) is 0 Å². The van der Waals surface area contributed by atoms with E-state index in [1.165, 1.54) is 31.0 Å². The molecule has 3 rings (SSSR count). The van der Waals surface area contributed by atoms with E-state index in [1.807, 2.05) is 12.1 Å². The van der Waals surface area contributed by atoms with E-state index in [4.69, 9.17) is 4.74 Å². The van der Waals surface area contributed by atoms with E-state index in [0.29, 0.717) is 27.5 Å². The maximum Gasteiger partial charge on any atom is 0.199 e. The van der Waals surface area contributed by atoms with Crippen molar-refractivity contribution < 1.29 is 19.0 Å². The van der Waals surface area contributed by atoms with Crippen LogP contribution < -0.4 is 4.74 Å². The van der Waals surface area contributed by atoms with Gasteiger partial charge in [0, 0.05) is 15.8 Å². The average molecular weight is 473 g/mol. The summed E-state index contributed by atoms with van der Waals surface area (Å²) in [4.78, 5) is 13.6. The monoisotopic (exact) mass is 472 g/mol. The molecule has 0 saturated carbocycles. The zero-order valence-electron chi connectivity index (χ0n) is 15.6. The molecule has 0 aliphatic heterocycles. The second-order valence-corrected chi connectivity index (χ2v) is 8.12. The summed E-state index contributed by atoms with van der Waals surface area (Å²) in [6, 6.07) is 18.3. The molecule has 29 heavy (non-hydrogen) atoms. The lowest BCUT2D eigenvalue weighted by Gasteiger charge is -2.09. The first-order valence-electron chi connectivity index (χ1n) is 8.72. The van der Waals surface area contributed by atoms with E-state index in [1.54, 1.807) is 48.5 Å². The van der Waals surface area contributed by atoms with Gasteiger partial charge in [0.05, 0.1) is 12.0 Å². The first kappa shape index (κ1) is 21.1. The highest BCUT2D eigenvalue weighted by Crippen LogP contribution is 2.31. The predicted octanol–water partition coefficient (Wildman–Crippen LogP) is 6.46. The topological polar surface area (TPSA) is 46.5 Å². The van der Waals surface area contributed by atoms with Crippen LogP contribution in [0.4, 0.5) is 4.39 Å². The van der Waals surface area contributed by atoms with Crippen LogP contribution in [0.5, 0.6) is 11.5 Å². The van der Waals surface area contributed by atoms with Crippen LogP contribution in [0.2, 0.25) is 0 Å². The fourth-order valence-corrected chi connectivity index (χ4v) is 3.85. The minimum Gasteiger partial charge on any atom is -0.504 e. The van der Waals surface area contributed by atoms with Crippen molar-refractivity contribution in [2.24, 2.45) is 0 Å². The maximum atomic E-state index is 13.1. The van der Waals surface area contributed by atoms with Gasteiger partial charge in [0.1, 0.15) is 5.82 Å². The summed E-state index contributed by atoms with van der Waals surface area (Å²) in [6.45, 7) is 0. The number of halogens is 2. The lowest BCUT2D eigenvalue weighted by Crippen LogP contribution is -2.01. The normalized spacial score (nSPS) is 11.3. The molecule has 1 N–H and O–H groups in total. The SMILES string of the molecule is COc1ccc(/C=C(/SCc2ccc(F)cc2)C(=O)c2ccc(Br)cc2)cc1O. The van der Waals surface area contributed by atoms with Gasteiger partial charge in [-0.1, -0.05) is 34.1 Å². The Hall–Kier alpha value is -2.57. The molecule has 148 valence electrons. The van der Waals surface area contributed by atoms with Crippen molar-refractivity contribution in [1.29, 1.82) is 0 Å². The Morgan fingerprint density at radius 3 is 2.41 bits per heavy atom. The van der Waals surface area contributed by atoms with Gasteiger partial charge in [-0.3, -0.25) is 4.79 Å². The van der Waals surface area contributed by atoms with Crippen molar-refractivity contribution >= 4 is 39.6 Å². The molecular formula is C23H18BrFO3S. The number of hydrogen-bond acceptors (Lipinski definition) is 4. The summed E-state index contributed by atoms with van der Waals surface area (Å²) in [6.07, 6.45) is 1.73. The van der Waals surface area contributed by atoms with Crippen LogP contribution in [-0.4, -0.2) is 18.0 Å². The molecule has 3 nitrogen and oxygen atoms in total. The quantitative estimate of drug-likeness (QED) is 0.316. The van der Waals surface area contributed by atoms with Crippen molar-refractivity contribution in [2.45, 2.75) is 5.75 Å². The molecule has 0 unspecified atom stereocenters. The summed E-state index contributed by atoms with van der Waals surface area (Å²) >= 11 is 4.74. The van der Waals surface area contributed by atoms with Gasteiger partial charge in [0.2, 0.25) is 0 Å². The van der Waals surface area contributed by atoms with Crippen LogP contribution in [0.3, 0.4) is 0 Å². The third kappa shape index (κ3) is 5.71. The summed E-state index contributed by atoms with van der Waals surface area (Å²) in [5.41, 5.74) is 2.14. The van der Waals surface area contributed by atoms with E-state index in [2.05, 4.69) is 15.9 Å². The number of allylic oxidation sites excluding steroid dienone is 1. The highest BCUT2D eigenvalue weighted by Gasteiger charge is 2.14. The molecule has 0 heterocycles. The fourth-order valence-electron chi connectivity index (χ4n) is 2.61. The Labute approximate surface area is 181 Å². The van der Waals surface area contributed by atoms with Crippen LogP contribution in [-0.2, 0) is 5.75 Å². The molecule has 3 aromatic rings. The second kappa shape index (κ2) is 9.76. The van der Waals surface area contributed by atoms with E-state index in [0.717, 1.165) is 10.0 Å². The predicted molar refractivity (Wildman–Crippen MR) is 119 cm³/mol. The summed E-state index contributed by atoms with van der Waals surface area (Å²) in [5.74, 6) is 0.451. The molecule has 0 aromatic heterocycles. The molecule has 0 saturated heterocycles. The van der Waals surface area contributed by atoms with Crippen LogP contribution in [0.25, 0.3) is 6.08 Å². The molecule has 0 atom stereocenters. The number of benzene rings is 3. The fraction of sp³-hybridized carbons (Fsp3) is 0.0870. The van der Waals surface area contributed by atoms with E-state index < -0.39 is 0 Å². The molecule has 0 amide bonds. The van der Waals surface area contributed by atoms with E-state index in [9.17, 15) is 14.3 Å². The van der Waals surface area contributed by atoms with Gasteiger partial charge in [0.25, 0.3) is 0 Å². The lowest BCUT2D eigenvalue weighted by molar-refractivity contribution is 0.104. The number of thioether (sulfide) groups is 1. The van der Waals surface area contributed by atoms with Gasteiger partial charge < -0.3 is 9.84 Å². The molecule has 0 spiro atoms. The van der Waals surface area contributed by atoms with Crippen molar-refractivity contribution in [2.75, 3.05) is 7.11 Å². The molecule has 0 radical (unpaired) electrons. The average Bonchev–Trinajstić information content (AvgIpc) is 2.72. The molecule has 0 aliphatic rings. The Balaban J connectivity index is 1.91. The standard InChI is InChI=1S/C23H18BrFO3S/c1-28-21-11-4-16(12-20(21)26)13-22(23(27)17-5-7-18(24)8-6-17)29-14-15-2-9-19(25)10-3-15/h2-13,26H,14H2,1H3/b22-13+. The van der Waals surface area contributed by atoms with Gasteiger partial charge in [-0.25, -0.2) is 4.39 Å². The Bertz CT molecular complexity index is 1030. The summed E-state index contributed by atoms with van der Waals surface area (Å²) in [7, 11) is 1.48. The van der Waals surface area contributed by atoms with Crippen LogP contribution >= 0.6 is 27.7 Å². The van der Waals surface area contributed by atoms with E-state index in [-0.39, 0.29) is 17.3 Å². The van der Waals surface area contributed by atoms with Crippen molar-refractivity contribution in [1.82, 2.24) is 0 Å². The minimum atomic E-state index is -0.297. The number of carbonyl (C=O) groups excluding carboxylic acids is 1. The molecule has 3 aromatic carbocycles. The maximum absolute atomic E-state index is 13.1. The smallest absolute Gasteiger partial charge is 0.199 e. The number of methoxy groups -OCH3 is 1. The number of hydrogen-bond donors (Lipinski definition) is 1. The molecule has 6 heteroatoms. The van der Waals surface area contributed by atoms with Gasteiger partial charge >= 0.3 is 0 Å². The number of phenolic OH excluding ortho intramolecular Hbond substituents is 1. The van der Waals surface area contributed by atoms with Crippen LogP contribution in [0.1, 0.15) is 21.5 Å². The van der Waals surface area contributed by atoms with Crippen LogP contribution in [0, 0.1) is 5.82 Å². The minimum absolute atomic E-state index is 0.000209. The number of rotatable bonds is 7. The second-order valence-electron chi connectivity index (χ2n) is 6.19. The molecule has 0 fully saturated rings. The summed E-state index contributed by atoms with van der Waals surface area (Å²) in [5, 5.41) is 10.0. The highest BCUT2D eigenvalue weighted by atomic mass is 79.9. The number of aromatic hydroxyl groups is 1. The largest absolute Gasteiger partial charge is 0.504 e. The molecule has 0 bridgehead atoms. The van der Waals surface area contributed by atoms with Gasteiger partial charge in [-0.2, -0.15) is 0 Å². The number of carbonyl (C=O) groups is 1. The molecular weight excluding hydrogens is 455 g/mol. The zero-order chi connectivity index (χ0) is 20.8. The number of Topliss-reactive ketones (excluding diaryl/α,β-unsaturated/α-hetero) is 1.